The summed E-state index contributed by atoms with van der Waals surface area (Å²) in [7, 11) is 0. The van der Waals surface area contributed by atoms with Gasteiger partial charge in [-0.15, -0.1) is 5.10 Å². The van der Waals surface area contributed by atoms with Crippen LogP contribution in [0.25, 0.3) is 0 Å². The second-order valence-electron chi connectivity index (χ2n) is 3.58. The molecule has 0 aliphatic carbocycles. The minimum absolute atomic E-state index is 0.293. The van der Waals surface area contributed by atoms with Gasteiger partial charge in [0.05, 0.1) is 6.61 Å². The van der Waals surface area contributed by atoms with Crippen molar-refractivity contribution in [1.29, 1.82) is 0 Å². The third-order valence-electron chi connectivity index (χ3n) is 2.18. The Bertz CT molecular complexity index is 504. The first-order chi connectivity index (χ1) is 8.81. The molecule has 0 fully saturated rings. The number of para-hydroxylation sites is 2. The zero-order valence-electron chi connectivity index (χ0n) is 9.93. The van der Waals surface area contributed by atoms with Crippen LogP contribution in [0.2, 0.25) is 4.34 Å². The van der Waals surface area contributed by atoms with Crippen molar-refractivity contribution in [1.82, 2.24) is 9.59 Å². The number of aromatic nitrogens is 2. The van der Waals surface area contributed by atoms with Gasteiger partial charge in [0.2, 0.25) is 0 Å². The lowest BCUT2D eigenvalue weighted by Crippen LogP contribution is -2.01. The normalized spacial score (nSPS) is 10.3. The van der Waals surface area contributed by atoms with Gasteiger partial charge < -0.3 is 9.47 Å². The second kappa shape index (κ2) is 6.56. The number of nitrogens with zero attached hydrogens (tertiary/aromatic N) is 2. The molecule has 2 rings (SSSR count). The van der Waals surface area contributed by atoms with E-state index >= 15 is 0 Å². The van der Waals surface area contributed by atoms with Crippen molar-refractivity contribution < 1.29 is 9.47 Å². The highest BCUT2D eigenvalue weighted by Gasteiger charge is 2.08. The van der Waals surface area contributed by atoms with Crippen LogP contribution in [0.5, 0.6) is 11.5 Å². The van der Waals surface area contributed by atoms with Crippen molar-refractivity contribution in [2.75, 3.05) is 6.61 Å². The van der Waals surface area contributed by atoms with Crippen LogP contribution < -0.4 is 9.47 Å². The second-order valence-corrected chi connectivity index (χ2v) is 4.93. The molecule has 0 amide bonds. The molecule has 0 spiro atoms. The fraction of sp³-hybridized carbons (Fsp3) is 0.333. The van der Waals surface area contributed by atoms with Gasteiger partial charge in [0.25, 0.3) is 0 Å². The van der Waals surface area contributed by atoms with Gasteiger partial charge in [0.1, 0.15) is 16.6 Å². The average Bonchev–Trinajstić information content (AvgIpc) is 2.80. The largest absolute Gasteiger partial charge is 0.490 e. The molecule has 6 heteroatoms. The lowest BCUT2D eigenvalue weighted by atomic mass is 10.3. The molecule has 0 atom stereocenters. The van der Waals surface area contributed by atoms with E-state index in [0.717, 1.165) is 23.7 Å². The summed E-state index contributed by atoms with van der Waals surface area (Å²) in [5, 5.41) is 3.89. The molecule has 1 aromatic carbocycles. The Morgan fingerprint density at radius 1 is 1.22 bits per heavy atom. The molecular weight excluding hydrogens is 272 g/mol. The van der Waals surface area contributed by atoms with Crippen LogP contribution in [0.1, 0.15) is 19.0 Å². The molecule has 18 heavy (non-hydrogen) atoms. The molecule has 2 aromatic rings. The molecule has 0 saturated heterocycles. The maximum atomic E-state index is 5.91. The van der Waals surface area contributed by atoms with Gasteiger partial charge in [-0.05, 0) is 18.6 Å². The highest BCUT2D eigenvalue weighted by molar-refractivity contribution is 7.10. The number of rotatable bonds is 6. The zero-order valence-corrected chi connectivity index (χ0v) is 11.5. The van der Waals surface area contributed by atoms with Crippen molar-refractivity contribution in [3.63, 3.8) is 0 Å². The maximum Gasteiger partial charge on any atom is 0.161 e. The van der Waals surface area contributed by atoms with Crippen molar-refractivity contribution in [2.24, 2.45) is 0 Å². The van der Waals surface area contributed by atoms with E-state index in [2.05, 4.69) is 16.5 Å². The summed E-state index contributed by atoms with van der Waals surface area (Å²) in [6, 6.07) is 7.55. The Hall–Kier alpha value is -1.33. The zero-order chi connectivity index (χ0) is 12.8. The van der Waals surface area contributed by atoms with Crippen LogP contribution in [0.3, 0.4) is 0 Å². The molecule has 96 valence electrons. The third-order valence-corrected chi connectivity index (χ3v) is 3.17. The van der Waals surface area contributed by atoms with E-state index in [1.54, 1.807) is 0 Å². The van der Waals surface area contributed by atoms with Crippen LogP contribution in [0.15, 0.2) is 24.3 Å². The lowest BCUT2D eigenvalue weighted by Gasteiger charge is -2.11. The molecule has 0 aliphatic rings. The average molecular weight is 285 g/mol. The summed E-state index contributed by atoms with van der Waals surface area (Å²) in [4.78, 5) is 0. The number of hydrogen-bond donors (Lipinski definition) is 0. The molecule has 0 N–H and O–H groups in total. The highest BCUT2D eigenvalue weighted by Crippen LogP contribution is 2.28. The Labute approximate surface area is 115 Å². The van der Waals surface area contributed by atoms with E-state index in [4.69, 9.17) is 21.1 Å². The molecular formula is C12H13ClN2O2S. The Balaban J connectivity index is 2.02. The van der Waals surface area contributed by atoms with E-state index in [1.807, 2.05) is 24.3 Å². The first-order valence-electron chi connectivity index (χ1n) is 5.62. The van der Waals surface area contributed by atoms with Crippen LogP contribution in [-0.2, 0) is 6.61 Å². The van der Waals surface area contributed by atoms with Gasteiger partial charge in [-0.25, -0.2) is 0 Å². The number of ether oxygens (including phenoxy) is 2. The molecule has 0 aliphatic heterocycles. The fourth-order valence-corrected chi connectivity index (χ4v) is 1.93. The molecule has 0 radical (unpaired) electrons. The SMILES string of the molecule is CCCOc1ccccc1OCc1nnsc1Cl. The van der Waals surface area contributed by atoms with E-state index in [0.29, 0.717) is 29.0 Å². The van der Waals surface area contributed by atoms with Gasteiger partial charge in [0.15, 0.2) is 11.5 Å². The minimum atomic E-state index is 0.293. The standard InChI is InChI=1S/C12H13ClN2O2S/c1-2-7-16-10-5-3-4-6-11(10)17-8-9-12(13)18-15-14-9/h3-6H,2,7-8H2,1H3. The molecule has 4 nitrogen and oxygen atoms in total. The Morgan fingerprint density at radius 2 is 1.94 bits per heavy atom. The predicted molar refractivity (Wildman–Crippen MR) is 71.5 cm³/mol. The number of halogens is 1. The summed E-state index contributed by atoms with van der Waals surface area (Å²) in [6.07, 6.45) is 0.955. The fourth-order valence-electron chi connectivity index (χ4n) is 1.33. The molecule has 1 aromatic heterocycles. The summed E-state index contributed by atoms with van der Waals surface area (Å²) < 4.78 is 15.6. The van der Waals surface area contributed by atoms with Crippen molar-refractivity contribution in [3.8, 4) is 11.5 Å². The summed E-state index contributed by atoms with van der Waals surface area (Å²) >= 11 is 7.06. The molecule has 0 saturated carbocycles. The predicted octanol–water partition coefficient (Wildman–Crippen LogP) is 3.56. The summed E-state index contributed by atoms with van der Waals surface area (Å²) in [6.45, 7) is 3.02. The first kappa shape index (κ1) is 13.1. The van der Waals surface area contributed by atoms with Crippen molar-refractivity contribution in [3.05, 3.63) is 34.3 Å². The van der Waals surface area contributed by atoms with Crippen LogP contribution in [0.4, 0.5) is 0 Å². The van der Waals surface area contributed by atoms with E-state index in [-0.39, 0.29) is 0 Å². The molecule has 0 bridgehead atoms. The van der Waals surface area contributed by atoms with Crippen LogP contribution in [0, 0.1) is 0 Å². The molecule has 0 unspecified atom stereocenters. The molecule has 1 heterocycles. The van der Waals surface area contributed by atoms with Crippen LogP contribution >= 0.6 is 23.1 Å². The monoisotopic (exact) mass is 284 g/mol. The van der Waals surface area contributed by atoms with Gasteiger partial charge in [-0.2, -0.15) is 0 Å². The van der Waals surface area contributed by atoms with Crippen LogP contribution in [-0.4, -0.2) is 16.2 Å². The van der Waals surface area contributed by atoms with Gasteiger partial charge in [0, 0.05) is 11.5 Å². The summed E-state index contributed by atoms with van der Waals surface area (Å²) in [5.41, 5.74) is 0.645. The smallest absolute Gasteiger partial charge is 0.161 e. The summed E-state index contributed by atoms with van der Waals surface area (Å²) in [5.74, 6) is 1.42. The van der Waals surface area contributed by atoms with Gasteiger partial charge in [-0.3, -0.25) is 0 Å². The van der Waals surface area contributed by atoms with Crippen molar-refractivity contribution >= 4 is 23.1 Å². The number of benzene rings is 1. The highest BCUT2D eigenvalue weighted by atomic mass is 35.5. The van der Waals surface area contributed by atoms with Crippen molar-refractivity contribution in [2.45, 2.75) is 20.0 Å². The Kier molecular flexibility index (Phi) is 4.78. The number of hydrogen-bond acceptors (Lipinski definition) is 5. The lowest BCUT2D eigenvalue weighted by molar-refractivity contribution is 0.259. The van der Waals surface area contributed by atoms with E-state index < -0.39 is 0 Å². The minimum Gasteiger partial charge on any atom is -0.490 e. The Morgan fingerprint density at radius 3 is 2.56 bits per heavy atom. The quantitative estimate of drug-likeness (QED) is 0.813. The van der Waals surface area contributed by atoms with E-state index in [1.165, 1.54) is 0 Å². The van der Waals surface area contributed by atoms with Gasteiger partial charge >= 0.3 is 0 Å². The maximum absolute atomic E-state index is 5.91. The van der Waals surface area contributed by atoms with E-state index in [9.17, 15) is 0 Å². The first-order valence-corrected chi connectivity index (χ1v) is 6.77. The van der Waals surface area contributed by atoms with Gasteiger partial charge in [-0.1, -0.05) is 35.1 Å². The third kappa shape index (κ3) is 3.34. The topological polar surface area (TPSA) is 44.2 Å².